The molecule has 1 aliphatic heterocycles. The summed E-state index contributed by atoms with van der Waals surface area (Å²) in [5.74, 6) is 0.384. The lowest BCUT2D eigenvalue weighted by Gasteiger charge is -2.23. The summed E-state index contributed by atoms with van der Waals surface area (Å²) < 4.78 is 1.91. The Morgan fingerprint density at radius 2 is 1.76 bits per heavy atom. The van der Waals surface area contributed by atoms with Crippen molar-refractivity contribution in [1.82, 2.24) is 14.8 Å². The SMILES string of the molecule is Cc1ccc(C(=O)Nc2ccc(C(=O)N3CCc4nncn4-c4ccccc43)cc2)c(Cl)c1. The van der Waals surface area contributed by atoms with Gasteiger partial charge in [0.25, 0.3) is 11.8 Å². The molecule has 3 aromatic carbocycles. The minimum atomic E-state index is -0.302. The summed E-state index contributed by atoms with van der Waals surface area (Å²) in [6.45, 7) is 2.40. The zero-order valence-corrected chi connectivity index (χ0v) is 18.6. The monoisotopic (exact) mass is 457 g/mol. The molecule has 0 atom stereocenters. The number of carbonyl (C=O) groups excluding carboxylic acids is 2. The Morgan fingerprint density at radius 3 is 2.52 bits per heavy atom. The van der Waals surface area contributed by atoms with Gasteiger partial charge in [0.1, 0.15) is 12.2 Å². The number of rotatable bonds is 3. The van der Waals surface area contributed by atoms with Crippen LogP contribution in [-0.2, 0) is 6.42 Å². The first-order valence-corrected chi connectivity index (χ1v) is 10.9. The van der Waals surface area contributed by atoms with Gasteiger partial charge in [0, 0.05) is 24.2 Å². The molecule has 2 heterocycles. The van der Waals surface area contributed by atoms with Gasteiger partial charge in [-0.3, -0.25) is 14.2 Å². The zero-order chi connectivity index (χ0) is 22.9. The molecule has 0 bridgehead atoms. The van der Waals surface area contributed by atoms with E-state index in [9.17, 15) is 9.59 Å². The smallest absolute Gasteiger partial charge is 0.258 e. The predicted octanol–water partition coefficient (Wildman–Crippen LogP) is 4.68. The number of fused-ring (bicyclic) bond motifs is 3. The van der Waals surface area contributed by atoms with E-state index in [1.165, 1.54) is 0 Å². The third-order valence-electron chi connectivity index (χ3n) is 5.61. The van der Waals surface area contributed by atoms with Gasteiger partial charge in [0.05, 0.1) is 22.0 Å². The second kappa shape index (κ2) is 8.52. The molecule has 0 fully saturated rings. The van der Waals surface area contributed by atoms with Gasteiger partial charge in [-0.1, -0.05) is 29.8 Å². The quantitative estimate of drug-likeness (QED) is 0.484. The summed E-state index contributed by atoms with van der Waals surface area (Å²) in [6, 6.07) is 19.8. The van der Waals surface area contributed by atoms with Gasteiger partial charge in [-0.25, -0.2) is 0 Å². The summed E-state index contributed by atoms with van der Waals surface area (Å²) in [7, 11) is 0. The Bertz CT molecular complexity index is 1360. The average Bonchev–Trinajstić information content (AvgIpc) is 3.22. The average molecular weight is 458 g/mol. The second-order valence-electron chi connectivity index (χ2n) is 7.83. The zero-order valence-electron chi connectivity index (χ0n) is 17.8. The first-order valence-electron chi connectivity index (χ1n) is 10.5. The normalized spacial score (nSPS) is 12.5. The number of amides is 2. The lowest BCUT2D eigenvalue weighted by atomic mass is 10.1. The van der Waals surface area contributed by atoms with Crippen LogP contribution in [0.3, 0.4) is 0 Å². The highest BCUT2D eigenvalue weighted by molar-refractivity contribution is 6.34. The molecule has 4 aromatic rings. The van der Waals surface area contributed by atoms with E-state index >= 15 is 0 Å². The first kappa shape index (κ1) is 20.9. The van der Waals surface area contributed by atoms with Crippen LogP contribution in [0.2, 0.25) is 5.02 Å². The molecule has 2 amide bonds. The molecule has 164 valence electrons. The number of benzene rings is 3. The first-order chi connectivity index (χ1) is 16.0. The Morgan fingerprint density at radius 1 is 1.00 bits per heavy atom. The van der Waals surface area contributed by atoms with Gasteiger partial charge in [0.2, 0.25) is 0 Å². The third kappa shape index (κ3) is 3.99. The second-order valence-corrected chi connectivity index (χ2v) is 8.23. The number of hydrogen-bond donors (Lipinski definition) is 1. The van der Waals surface area contributed by atoms with Gasteiger partial charge in [0.15, 0.2) is 0 Å². The van der Waals surface area contributed by atoms with Crippen molar-refractivity contribution in [3.8, 4) is 5.69 Å². The molecular formula is C25H20ClN5O2. The highest BCUT2D eigenvalue weighted by Gasteiger charge is 2.25. The number of aryl methyl sites for hydroxylation is 1. The molecule has 33 heavy (non-hydrogen) atoms. The minimum Gasteiger partial charge on any atom is -0.322 e. The van der Waals surface area contributed by atoms with E-state index in [2.05, 4.69) is 15.5 Å². The fourth-order valence-electron chi connectivity index (χ4n) is 3.92. The molecule has 0 saturated heterocycles. The number of nitrogens with zero attached hydrogens (tertiary/aromatic N) is 4. The van der Waals surface area contributed by atoms with Crippen LogP contribution in [0.4, 0.5) is 11.4 Å². The molecule has 0 spiro atoms. The molecule has 0 saturated carbocycles. The van der Waals surface area contributed by atoms with Crippen LogP contribution < -0.4 is 10.2 Å². The summed E-state index contributed by atoms with van der Waals surface area (Å²) in [5.41, 5.74) is 4.14. The molecule has 0 unspecified atom stereocenters. The van der Waals surface area contributed by atoms with Crippen molar-refractivity contribution in [3.05, 3.63) is 101 Å². The molecule has 5 rings (SSSR count). The van der Waals surface area contributed by atoms with E-state index in [1.54, 1.807) is 47.6 Å². The largest absolute Gasteiger partial charge is 0.322 e. The van der Waals surface area contributed by atoms with Crippen LogP contribution in [0.1, 0.15) is 32.1 Å². The molecule has 1 aliphatic rings. The predicted molar refractivity (Wildman–Crippen MR) is 127 cm³/mol. The van der Waals surface area contributed by atoms with Gasteiger partial charge < -0.3 is 10.2 Å². The van der Waals surface area contributed by atoms with Crippen LogP contribution in [0.5, 0.6) is 0 Å². The molecule has 8 heteroatoms. The summed E-state index contributed by atoms with van der Waals surface area (Å²) >= 11 is 6.20. The van der Waals surface area contributed by atoms with Crippen molar-refractivity contribution in [2.75, 3.05) is 16.8 Å². The van der Waals surface area contributed by atoms with Gasteiger partial charge in [-0.05, 0) is 61.0 Å². The van der Waals surface area contributed by atoms with E-state index in [0.29, 0.717) is 34.8 Å². The van der Waals surface area contributed by atoms with E-state index in [0.717, 1.165) is 22.8 Å². The highest BCUT2D eigenvalue weighted by atomic mass is 35.5. The van der Waals surface area contributed by atoms with Crippen molar-refractivity contribution >= 4 is 34.8 Å². The maximum Gasteiger partial charge on any atom is 0.258 e. The molecule has 1 aromatic heterocycles. The number of anilines is 2. The standard InChI is InChI=1S/C25H20ClN5O2/c1-16-6-11-19(20(26)14-16)24(32)28-18-9-7-17(8-10-18)25(33)30-13-12-23-29-27-15-31(23)22-5-3-2-4-21(22)30/h2-11,14-15H,12-13H2,1H3,(H,28,32). The van der Waals surface area contributed by atoms with Crippen molar-refractivity contribution in [3.63, 3.8) is 0 Å². The van der Waals surface area contributed by atoms with Crippen molar-refractivity contribution in [2.24, 2.45) is 0 Å². The number of carbonyl (C=O) groups is 2. The van der Waals surface area contributed by atoms with Gasteiger partial charge in [-0.2, -0.15) is 0 Å². The van der Waals surface area contributed by atoms with Crippen LogP contribution in [0.25, 0.3) is 5.69 Å². The number of halogens is 1. The molecule has 0 aliphatic carbocycles. The number of hydrogen-bond acceptors (Lipinski definition) is 4. The molecule has 1 N–H and O–H groups in total. The van der Waals surface area contributed by atoms with Crippen molar-refractivity contribution < 1.29 is 9.59 Å². The molecular weight excluding hydrogens is 438 g/mol. The fraction of sp³-hybridized carbons (Fsp3) is 0.120. The maximum atomic E-state index is 13.4. The third-order valence-corrected chi connectivity index (χ3v) is 5.93. The Hall–Kier alpha value is -3.97. The minimum absolute atomic E-state index is 0.124. The fourth-order valence-corrected chi connectivity index (χ4v) is 4.25. The summed E-state index contributed by atoms with van der Waals surface area (Å²) in [5, 5.41) is 11.4. The molecule has 7 nitrogen and oxygen atoms in total. The van der Waals surface area contributed by atoms with Crippen LogP contribution in [-0.4, -0.2) is 33.1 Å². The van der Waals surface area contributed by atoms with E-state index in [-0.39, 0.29) is 11.8 Å². The lowest BCUT2D eigenvalue weighted by Crippen LogP contribution is -2.32. The topological polar surface area (TPSA) is 80.1 Å². The van der Waals surface area contributed by atoms with Gasteiger partial charge in [-0.15, -0.1) is 10.2 Å². The van der Waals surface area contributed by atoms with Crippen LogP contribution >= 0.6 is 11.6 Å². The summed E-state index contributed by atoms with van der Waals surface area (Å²) in [6.07, 6.45) is 2.26. The Kier molecular flexibility index (Phi) is 5.40. The van der Waals surface area contributed by atoms with E-state index < -0.39 is 0 Å². The Labute approximate surface area is 195 Å². The van der Waals surface area contributed by atoms with Crippen LogP contribution in [0, 0.1) is 6.92 Å². The molecule has 0 radical (unpaired) electrons. The maximum absolute atomic E-state index is 13.4. The van der Waals surface area contributed by atoms with E-state index in [1.807, 2.05) is 41.8 Å². The lowest BCUT2D eigenvalue weighted by molar-refractivity contribution is 0.0986. The summed E-state index contributed by atoms with van der Waals surface area (Å²) in [4.78, 5) is 27.7. The number of para-hydroxylation sites is 2. The number of aromatic nitrogens is 3. The van der Waals surface area contributed by atoms with Crippen molar-refractivity contribution in [1.29, 1.82) is 0 Å². The van der Waals surface area contributed by atoms with Crippen molar-refractivity contribution in [2.45, 2.75) is 13.3 Å². The number of nitrogens with one attached hydrogen (secondary N) is 1. The van der Waals surface area contributed by atoms with E-state index in [4.69, 9.17) is 11.6 Å². The highest BCUT2D eigenvalue weighted by Crippen LogP contribution is 2.29. The Balaban J connectivity index is 1.37. The van der Waals surface area contributed by atoms with Crippen LogP contribution in [0.15, 0.2) is 73.1 Å². The van der Waals surface area contributed by atoms with Gasteiger partial charge >= 0.3 is 0 Å².